The van der Waals surface area contributed by atoms with E-state index in [1.54, 1.807) is 44.4 Å². The van der Waals surface area contributed by atoms with E-state index in [9.17, 15) is 4.79 Å². The first-order chi connectivity index (χ1) is 15.2. The average molecular weight is 423 g/mol. The molecule has 0 aliphatic carbocycles. The van der Waals surface area contributed by atoms with E-state index in [-0.39, 0.29) is 11.9 Å². The van der Waals surface area contributed by atoms with Gasteiger partial charge in [0.1, 0.15) is 28.9 Å². The van der Waals surface area contributed by atoms with E-state index in [2.05, 4.69) is 10.1 Å². The summed E-state index contributed by atoms with van der Waals surface area (Å²) in [6.07, 6.45) is 2.62. The summed E-state index contributed by atoms with van der Waals surface area (Å²) in [5.41, 5.74) is 1.21. The van der Waals surface area contributed by atoms with Gasteiger partial charge in [0.2, 0.25) is 11.7 Å². The Kier molecular flexibility index (Phi) is 6.06. The summed E-state index contributed by atoms with van der Waals surface area (Å²) in [7, 11) is 4.70. The first kappa shape index (κ1) is 20.7. The van der Waals surface area contributed by atoms with E-state index in [1.807, 2.05) is 24.3 Å². The molecule has 1 aliphatic rings. The van der Waals surface area contributed by atoms with Crippen LogP contribution in [-0.4, -0.2) is 48.8 Å². The van der Waals surface area contributed by atoms with Crippen LogP contribution in [0.25, 0.3) is 11.4 Å². The van der Waals surface area contributed by atoms with E-state index < -0.39 is 0 Å². The van der Waals surface area contributed by atoms with Gasteiger partial charge in [-0.05, 0) is 55.7 Å². The number of carbonyl (C=O) groups excluding carboxylic acids is 1. The highest BCUT2D eigenvalue weighted by Crippen LogP contribution is 2.36. The minimum atomic E-state index is -0.310. The number of hydrogen-bond donors (Lipinski definition) is 0. The lowest BCUT2D eigenvalue weighted by atomic mass is 10.00. The predicted octanol–water partition coefficient (Wildman–Crippen LogP) is 4.13. The summed E-state index contributed by atoms with van der Waals surface area (Å²) >= 11 is 0. The Balaban J connectivity index is 1.64. The molecule has 1 atom stereocenters. The predicted molar refractivity (Wildman–Crippen MR) is 113 cm³/mol. The molecule has 162 valence electrons. The zero-order valence-corrected chi connectivity index (χ0v) is 17.8. The molecular formula is C23H25N3O5. The van der Waals surface area contributed by atoms with Gasteiger partial charge in [-0.25, -0.2) is 0 Å². The molecule has 8 heteroatoms. The van der Waals surface area contributed by atoms with Crippen LogP contribution in [0.5, 0.6) is 17.2 Å². The molecule has 0 spiro atoms. The molecule has 1 fully saturated rings. The molecule has 1 amide bonds. The maximum absolute atomic E-state index is 13.6. The fourth-order valence-electron chi connectivity index (χ4n) is 3.86. The molecule has 0 radical (unpaired) electrons. The van der Waals surface area contributed by atoms with Crippen LogP contribution in [0.1, 0.15) is 41.6 Å². The highest BCUT2D eigenvalue weighted by atomic mass is 16.5. The van der Waals surface area contributed by atoms with Gasteiger partial charge in [0.25, 0.3) is 5.91 Å². The molecule has 1 unspecified atom stereocenters. The quantitative estimate of drug-likeness (QED) is 0.589. The Morgan fingerprint density at radius 1 is 1.00 bits per heavy atom. The Morgan fingerprint density at radius 2 is 1.71 bits per heavy atom. The molecule has 1 saturated heterocycles. The van der Waals surface area contributed by atoms with Crippen molar-refractivity contribution in [2.45, 2.75) is 25.3 Å². The van der Waals surface area contributed by atoms with Crippen LogP contribution < -0.4 is 14.2 Å². The molecule has 1 aliphatic heterocycles. The number of nitrogens with zero attached hydrogens (tertiary/aromatic N) is 3. The largest absolute Gasteiger partial charge is 0.497 e. The molecule has 4 rings (SSSR count). The molecule has 2 heterocycles. The monoisotopic (exact) mass is 423 g/mol. The molecule has 1 aromatic heterocycles. The maximum atomic E-state index is 13.6. The van der Waals surface area contributed by atoms with Gasteiger partial charge >= 0.3 is 0 Å². The van der Waals surface area contributed by atoms with E-state index in [4.69, 9.17) is 18.7 Å². The number of hydrogen-bond acceptors (Lipinski definition) is 7. The van der Waals surface area contributed by atoms with Crippen LogP contribution in [0, 0.1) is 0 Å². The van der Waals surface area contributed by atoms with Crippen LogP contribution in [0.4, 0.5) is 0 Å². The SMILES string of the molecule is COc1ccc(-c2noc(C3CCCCN3C(=O)c3c(OC)cccc3OC)n2)cc1. The number of rotatable bonds is 6. The lowest BCUT2D eigenvalue weighted by Gasteiger charge is -2.34. The minimum Gasteiger partial charge on any atom is -0.497 e. The Hall–Kier alpha value is -3.55. The second-order valence-electron chi connectivity index (χ2n) is 7.23. The summed E-state index contributed by atoms with van der Waals surface area (Å²) in [6, 6.07) is 12.4. The van der Waals surface area contributed by atoms with Crippen LogP contribution in [0.3, 0.4) is 0 Å². The second-order valence-corrected chi connectivity index (χ2v) is 7.23. The number of methoxy groups -OCH3 is 3. The van der Waals surface area contributed by atoms with Crippen LogP contribution in [0.15, 0.2) is 47.0 Å². The number of benzene rings is 2. The zero-order chi connectivity index (χ0) is 21.8. The number of amides is 1. The highest BCUT2D eigenvalue weighted by molar-refractivity contribution is 6.00. The van der Waals surface area contributed by atoms with Crippen LogP contribution in [-0.2, 0) is 0 Å². The Labute approximate surface area is 180 Å². The van der Waals surface area contributed by atoms with Gasteiger partial charge in [-0.1, -0.05) is 11.2 Å². The van der Waals surface area contributed by atoms with Gasteiger partial charge < -0.3 is 23.6 Å². The summed E-state index contributed by atoms with van der Waals surface area (Å²) in [4.78, 5) is 19.9. The van der Waals surface area contributed by atoms with Gasteiger partial charge in [-0.2, -0.15) is 4.98 Å². The maximum Gasteiger partial charge on any atom is 0.262 e. The number of carbonyl (C=O) groups is 1. The van der Waals surface area contributed by atoms with Crippen molar-refractivity contribution in [3.63, 3.8) is 0 Å². The van der Waals surface area contributed by atoms with Crippen molar-refractivity contribution in [3.05, 3.63) is 53.9 Å². The van der Waals surface area contributed by atoms with Crippen molar-refractivity contribution >= 4 is 5.91 Å². The van der Waals surface area contributed by atoms with Gasteiger partial charge in [0.15, 0.2) is 0 Å². The Morgan fingerprint density at radius 3 is 2.35 bits per heavy atom. The van der Waals surface area contributed by atoms with E-state index in [1.165, 1.54) is 0 Å². The lowest BCUT2D eigenvalue weighted by molar-refractivity contribution is 0.0554. The Bertz CT molecular complexity index is 1030. The van der Waals surface area contributed by atoms with E-state index >= 15 is 0 Å². The number of aromatic nitrogens is 2. The summed E-state index contributed by atoms with van der Waals surface area (Å²) in [5, 5.41) is 4.14. The molecular weight excluding hydrogens is 398 g/mol. The van der Waals surface area contributed by atoms with Crippen molar-refractivity contribution in [1.29, 1.82) is 0 Å². The fraction of sp³-hybridized carbons (Fsp3) is 0.348. The standard InChI is InChI=1S/C23H25N3O5/c1-28-16-12-10-15(11-13-16)21-24-22(31-25-21)17-7-4-5-14-26(17)23(27)20-18(29-2)8-6-9-19(20)30-3/h6,8-13,17H,4-5,7,14H2,1-3H3. The van der Waals surface area contributed by atoms with Gasteiger partial charge in [0.05, 0.1) is 21.3 Å². The normalized spacial score (nSPS) is 16.1. The van der Waals surface area contributed by atoms with Gasteiger partial charge in [-0.3, -0.25) is 4.79 Å². The third kappa shape index (κ3) is 4.05. The van der Waals surface area contributed by atoms with E-state index in [0.717, 1.165) is 30.6 Å². The molecule has 2 aromatic carbocycles. The number of likely N-dealkylation sites (tertiary alicyclic amines) is 1. The van der Waals surface area contributed by atoms with Crippen molar-refractivity contribution in [3.8, 4) is 28.6 Å². The topological polar surface area (TPSA) is 86.9 Å². The van der Waals surface area contributed by atoms with Crippen molar-refractivity contribution in [2.75, 3.05) is 27.9 Å². The third-order valence-electron chi connectivity index (χ3n) is 5.48. The van der Waals surface area contributed by atoms with Gasteiger partial charge in [0, 0.05) is 12.1 Å². The summed E-state index contributed by atoms with van der Waals surface area (Å²) in [6.45, 7) is 0.588. The average Bonchev–Trinajstić information content (AvgIpc) is 3.33. The third-order valence-corrected chi connectivity index (χ3v) is 5.48. The van der Waals surface area contributed by atoms with Crippen molar-refractivity contribution < 1.29 is 23.5 Å². The molecule has 0 bridgehead atoms. The first-order valence-electron chi connectivity index (χ1n) is 10.2. The zero-order valence-electron chi connectivity index (χ0n) is 17.8. The number of ether oxygens (including phenoxy) is 3. The summed E-state index contributed by atoms with van der Waals surface area (Å²) in [5.74, 6) is 2.42. The van der Waals surface area contributed by atoms with Gasteiger partial charge in [-0.15, -0.1) is 0 Å². The second kappa shape index (κ2) is 9.07. The molecule has 31 heavy (non-hydrogen) atoms. The molecule has 3 aromatic rings. The number of piperidine rings is 1. The van der Waals surface area contributed by atoms with E-state index in [0.29, 0.717) is 35.3 Å². The first-order valence-corrected chi connectivity index (χ1v) is 10.2. The lowest BCUT2D eigenvalue weighted by Crippen LogP contribution is -2.39. The smallest absolute Gasteiger partial charge is 0.262 e. The van der Waals surface area contributed by atoms with Crippen LogP contribution >= 0.6 is 0 Å². The molecule has 0 saturated carbocycles. The highest BCUT2D eigenvalue weighted by Gasteiger charge is 2.35. The summed E-state index contributed by atoms with van der Waals surface area (Å²) < 4.78 is 21.7. The van der Waals surface area contributed by atoms with Crippen molar-refractivity contribution in [2.24, 2.45) is 0 Å². The fourth-order valence-corrected chi connectivity index (χ4v) is 3.86. The van der Waals surface area contributed by atoms with Crippen molar-refractivity contribution in [1.82, 2.24) is 15.0 Å². The van der Waals surface area contributed by atoms with Crippen LogP contribution in [0.2, 0.25) is 0 Å². The minimum absolute atomic E-state index is 0.178. The molecule has 0 N–H and O–H groups in total. The molecule has 8 nitrogen and oxygen atoms in total.